The van der Waals surface area contributed by atoms with E-state index in [1.165, 1.54) is 6.92 Å². The van der Waals surface area contributed by atoms with Gasteiger partial charge in [-0.3, -0.25) is 0 Å². The van der Waals surface area contributed by atoms with Crippen molar-refractivity contribution in [2.45, 2.75) is 13.8 Å². The Kier molecular flexibility index (Phi) is 4.22. The second-order valence-corrected chi connectivity index (χ2v) is 5.19. The average Bonchev–Trinajstić information content (AvgIpc) is 2.96. The molecule has 0 aliphatic heterocycles. The summed E-state index contributed by atoms with van der Waals surface area (Å²) in [5, 5.41) is 27.1. The summed E-state index contributed by atoms with van der Waals surface area (Å²) in [4.78, 5) is 16.2. The second kappa shape index (κ2) is 6.49. The lowest BCUT2D eigenvalue weighted by molar-refractivity contribution is 0.0518. The highest BCUT2D eigenvalue weighted by Crippen LogP contribution is 2.28. The molecule has 0 bridgehead atoms. The number of anilines is 2. The third-order valence-corrected chi connectivity index (χ3v) is 3.59. The Balaban J connectivity index is 2.17. The highest BCUT2D eigenvalue weighted by Gasteiger charge is 2.23. The highest BCUT2D eigenvalue weighted by molar-refractivity contribution is 5.90. The maximum atomic E-state index is 12.0. The summed E-state index contributed by atoms with van der Waals surface area (Å²) in [6.07, 6.45) is 0. The number of carbonyl (C=O) groups excluding carboxylic acids is 1. The van der Waals surface area contributed by atoms with Gasteiger partial charge in [-0.1, -0.05) is 18.2 Å². The Morgan fingerprint density at radius 2 is 2.12 bits per heavy atom. The fourth-order valence-electron chi connectivity index (χ4n) is 2.36. The maximum absolute atomic E-state index is 12.0. The number of rotatable bonds is 4. The van der Waals surface area contributed by atoms with Gasteiger partial charge >= 0.3 is 5.97 Å². The third-order valence-electron chi connectivity index (χ3n) is 3.59. The number of aromatic hydroxyl groups is 1. The van der Waals surface area contributed by atoms with Crippen LogP contribution in [0.2, 0.25) is 0 Å². The molecule has 0 unspecified atom stereocenters. The Bertz CT molecular complexity index is 989. The molecule has 0 spiro atoms. The van der Waals surface area contributed by atoms with E-state index in [9.17, 15) is 15.2 Å². The minimum atomic E-state index is -0.666. The summed E-state index contributed by atoms with van der Waals surface area (Å²) in [5.74, 6) is -0.706. The zero-order valence-electron chi connectivity index (χ0n) is 13.6. The van der Waals surface area contributed by atoms with Crippen molar-refractivity contribution < 1.29 is 14.6 Å². The maximum Gasteiger partial charge on any atom is 0.357 e. The van der Waals surface area contributed by atoms with Crippen molar-refractivity contribution >= 4 is 23.1 Å². The van der Waals surface area contributed by atoms with Crippen molar-refractivity contribution in [3.8, 4) is 11.9 Å². The first-order valence-corrected chi connectivity index (χ1v) is 7.58. The van der Waals surface area contributed by atoms with Gasteiger partial charge in [0.25, 0.3) is 0 Å². The number of aromatic nitrogens is 3. The Morgan fingerprint density at radius 1 is 1.40 bits per heavy atom. The van der Waals surface area contributed by atoms with Gasteiger partial charge in [-0.05, 0) is 26.0 Å². The van der Waals surface area contributed by atoms with Crippen LogP contribution in [0.1, 0.15) is 28.5 Å². The van der Waals surface area contributed by atoms with Crippen molar-refractivity contribution in [1.29, 1.82) is 5.26 Å². The van der Waals surface area contributed by atoms with Crippen LogP contribution in [0.25, 0.3) is 5.65 Å². The van der Waals surface area contributed by atoms with Crippen LogP contribution in [0, 0.1) is 18.3 Å². The Labute approximate surface area is 143 Å². The quantitative estimate of drug-likeness (QED) is 0.703. The zero-order valence-corrected chi connectivity index (χ0v) is 13.6. The predicted octanol–water partition coefficient (Wildman–Crippen LogP) is 2.54. The van der Waals surface area contributed by atoms with Crippen molar-refractivity contribution in [2.24, 2.45) is 0 Å². The standard InChI is InChI=1S/C17H15N5O3/c1-3-25-17(24)13-10(2)16(23)22-15(20-13)12(9-18)14(21-22)19-11-7-5-4-6-8-11/h4-8,23H,3H2,1-2H3,(H,19,21). The number of para-hydroxylation sites is 1. The Hall–Kier alpha value is -3.60. The smallest absolute Gasteiger partial charge is 0.357 e. The number of carbonyl (C=O) groups is 1. The van der Waals surface area contributed by atoms with Crippen LogP contribution in [0.3, 0.4) is 0 Å². The topological polar surface area (TPSA) is 113 Å². The molecule has 0 saturated heterocycles. The molecule has 0 saturated carbocycles. The van der Waals surface area contributed by atoms with E-state index in [0.29, 0.717) is 0 Å². The minimum absolute atomic E-state index is 0.0467. The molecule has 0 aliphatic rings. The molecule has 0 amide bonds. The molecule has 3 rings (SSSR count). The molecule has 0 fully saturated rings. The van der Waals surface area contributed by atoms with Crippen LogP contribution < -0.4 is 5.32 Å². The molecule has 0 radical (unpaired) electrons. The summed E-state index contributed by atoms with van der Waals surface area (Å²) in [7, 11) is 0. The summed E-state index contributed by atoms with van der Waals surface area (Å²) in [6, 6.07) is 11.2. The summed E-state index contributed by atoms with van der Waals surface area (Å²) < 4.78 is 6.07. The molecular formula is C17H15N5O3. The normalized spacial score (nSPS) is 10.4. The molecule has 8 nitrogen and oxygen atoms in total. The molecule has 0 atom stereocenters. The van der Waals surface area contributed by atoms with Crippen molar-refractivity contribution in [3.05, 3.63) is 47.2 Å². The zero-order chi connectivity index (χ0) is 18.0. The minimum Gasteiger partial charge on any atom is -0.493 e. The lowest BCUT2D eigenvalue weighted by atomic mass is 10.2. The molecule has 3 aromatic rings. The van der Waals surface area contributed by atoms with Gasteiger partial charge in [0.2, 0.25) is 5.88 Å². The molecule has 2 aromatic heterocycles. The molecule has 2 N–H and O–H groups in total. The number of esters is 1. The van der Waals surface area contributed by atoms with Gasteiger partial charge in [0, 0.05) is 11.3 Å². The van der Waals surface area contributed by atoms with E-state index in [-0.39, 0.29) is 40.8 Å². The highest BCUT2D eigenvalue weighted by atomic mass is 16.5. The van der Waals surface area contributed by atoms with E-state index in [1.54, 1.807) is 6.92 Å². The van der Waals surface area contributed by atoms with Crippen LogP contribution in [0.4, 0.5) is 11.5 Å². The van der Waals surface area contributed by atoms with Crippen LogP contribution in [-0.2, 0) is 4.74 Å². The first-order valence-electron chi connectivity index (χ1n) is 7.58. The van der Waals surface area contributed by atoms with E-state index in [1.807, 2.05) is 36.4 Å². The van der Waals surface area contributed by atoms with Crippen molar-refractivity contribution in [1.82, 2.24) is 14.6 Å². The number of hydrogen-bond acceptors (Lipinski definition) is 7. The number of fused-ring (bicyclic) bond motifs is 1. The lowest BCUT2D eigenvalue weighted by Crippen LogP contribution is -2.11. The van der Waals surface area contributed by atoms with Gasteiger partial charge in [-0.2, -0.15) is 9.78 Å². The van der Waals surface area contributed by atoms with Crippen molar-refractivity contribution in [2.75, 3.05) is 11.9 Å². The van der Waals surface area contributed by atoms with Gasteiger partial charge in [0.1, 0.15) is 11.6 Å². The average molecular weight is 337 g/mol. The van der Waals surface area contributed by atoms with E-state index >= 15 is 0 Å². The van der Waals surface area contributed by atoms with Crippen LogP contribution >= 0.6 is 0 Å². The van der Waals surface area contributed by atoms with Crippen LogP contribution in [0.5, 0.6) is 5.88 Å². The first kappa shape index (κ1) is 16.3. The van der Waals surface area contributed by atoms with Crippen LogP contribution in [-0.4, -0.2) is 32.3 Å². The number of nitriles is 1. The second-order valence-electron chi connectivity index (χ2n) is 5.19. The van der Waals surface area contributed by atoms with E-state index < -0.39 is 5.97 Å². The number of hydrogen-bond donors (Lipinski definition) is 2. The lowest BCUT2D eigenvalue weighted by Gasteiger charge is -2.07. The molecule has 8 heteroatoms. The summed E-state index contributed by atoms with van der Waals surface area (Å²) in [6.45, 7) is 3.39. The molecule has 1 aromatic carbocycles. The first-order chi connectivity index (χ1) is 12.1. The fraction of sp³-hybridized carbons (Fsp3) is 0.176. The van der Waals surface area contributed by atoms with Gasteiger partial charge in [-0.25, -0.2) is 9.78 Å². The van der Waals surface area contributed by atoms with Gasteiger partial charge in [0.15, 0.2) is 17.2 Å². The van der Waals surface area contributed by atoms with Crippen LogP contribution in [0.15, 0.2) is 30.3 Å². The monoisotopic (exact) mass is 337 g/mol. The fourth-order valence-corrected chi connectivity index (χ4v) is 2.36. The molecule has 2 heterocycles. The largest absolute Gasteiger partial charge is 0.493 e. The van der Waals surface area contributed by atoms with E-state index in [4.69, 9.17) is 4.74 Å². The third kappa shape index (κ3) is 2.83. The van der Waals surface area contributed by atoms with E-state index in [0.717, 1.165) is 10.2 Å². The summed E-state index contributed by atoms with van der Waals surface area (Å²) in [5.41, 5.74) is 1.10. The molecule has 25 heavy (non-hydrogen) atoms. The number of nitrogens with one attached hydrogen (secondary N) is 1. The SMILES string of the molecule is CCOC(=O)c1nc2c(C#N)c(Nc3ccccc3)nn2c(O)c1C. The van der Waals surface area contributed by atoms with Gasteiger partial charge in [0.05, 0.1) is 6.61 Å². The summed E-state index contributed by atoms with van der Waals surface area (Å²) >= 11 is 0. The number of ether oxygens (including phenoxy) is 1. The predicted molar refractivity (Wildman–Crippen MR) is 89.8 cm³/mol. The number of benzene rings is 1. The molecule has 126 valence electrons. The number of nitrogens with zero attached hydrogens (tertiary/aromatic N) is 4. The van der Waals surface area contributed by atoms with E-state index in [2.05, 4.69) is 15.4 Å². The van der Waals surface area contributed by atoms with Crippen molar-refractivity contribution in [3.63, 3.8) is 0 Å². The Morgan fingerprint density at radius 3 is 2.76 bits per heavy atom. The van der Waals surface area contributed by atoms with Gasteiger partial charge in [-0.15, -0.1) is 5.10 Å². The molecular weight excluding hydrogens is 322 g/mol. The van der Waals surface area contributed by atoms with Gasteiger partial charge < -0.3 is 15.2 Å². The molecule has 0 aliphatic carbocycles.